The first kappa shape index (κ1) is 42.3. The van der Waals surface area contributed by atoms with Gasteiger partial charge in [0.25, 0.3) is 0 Å². The van der Waals surface area contributed by atoms with Crippen LogP contribution in [0.3, 0.4) is 0 Å². The predicted molar refractivity (Wildman–Crippen MR) is 188 cm³/mol. The maximum Gasteiger partial charge on any atom is 0.355 e. The molecule has 16 heteroatoms. The fraction of sp³-hybridized carbons (Fsp3) is 0.758. The summed E-state index contributed by atoms with van der Waals surface area (Å²) in [5.41, 5.74) is 11.1. The van der Waals surface area contributed by atoms with Crippen LogP contribution in [0, 0.1) is 22.7 Å². The summed E-state index contributed by atoms with van der Waals surface area (Å²) >= 11 is 2.75. The normalized spacial score (nSPS) is 21.6. The molecule has 2 saturated carbocycles. The smallest absolute Gasteiger partial charge is 0.355 e. The van der Waals surface area contributed by atoms with E-state index in [0.29, 0.717) is 62.0 Å². The van der Waals surface area contributed by atoms with Crippen LogP contribution in [0.5, 0.6) is 0 Å². The number of amides is 2. The zero-order chi connectivity index (χ0) is 37.1. The van der Waals surface area contributed by atoms with Crippen LogP contribution in [0.4, 0.5) is 0 Å². The van der Waals surface area contributed by atoms with Gasteiger partial charge in [0.05, 0.1) is 0 Å². The summed E-state index contributed by atoms with van der Waals surface area (Å²) in [6, 6.07) is -3.49. The van der Waals surface area contributed by atoms with Crippen molar-refractivity contribution in [3.8, 4) is 0 Å². The molecular weight excluding hydrogens is 677 g/mol. The van der Waals surface area contributed by atoms with Crippen LogP contribution in [0.25, 0.3) is 0 Å². The number of nitrogens with two attached hydrogens (primary N) is 2. The van der Waals surface area contributed by atoms with E-state index in [0.717, 1.165) is 0 Å². The SMILES string of the molecule is C/C(CCCCSC[C@H](N)C(=O)O)=C(\NC(=O)[C@H]1CC1(C)C)C(=O)OC(CCCCSC[C@H](N)C(=O)O)C(NC(=O)[C@H]1CC1(C)C)C(=O)O. The van der Waals surface area contributed by atoms with Gasteiger partial charge in [-0.2, -0.15) is 23.5 Å². The lowest BCUT2D eigenvalue weighted by atomic mass is 10.0. The van der Waals surface area contributed by atoms with Crippen LogP contribution in [0.15, 0.2) is 11.3 Å². The second-order valence-corrected chi connectivity index (χ2v) is 16.7. The Labute approximate surface area is 296 Å². The van der Waals surface area contributed by atoms with Crippen molar-refractivity contribution in [2.24, 2.45) is 34.1 Å². The van der Waals surface area contributed by atoms with E-state index in [-0.39, 0.29) is 52.2 Å². The average molecular weight is 731 g/mol. The number of carboxylic acids is 3. The van der Waals surface area contributed by atoms with Crippen LogP contribution in [0.1, 0.15) is 86.0 Å². The van der Waals surface area contributed by atoms with Crippen molar-refractivity contribution in [3.05, 3.63) is 11.3 Å². The van der Waals surface area contributed by atoms with E-state index in [1.165, 1.54) is 23.5 Å². The summed E-state index contributed by atoms with van der Waals surface area (Å²) in [4.78, 5) is 74.3. The van der Waals surface area contributed by atoms with Gasteiger partial charge in [-0.25, -0.2) is 9.59 Å². The molecule has 0 saturated heterocycles. The van der Waals surface area contributed by atoms with Gasteiger partial charge in [0.1, 0.15) is 23.9 Å². The number of hydrogen-bond donors (Lipinski definition) is 7. The van der Waals surface area contributed by atoms with Gasteiger partial charge in [-0.3, -0.25) is 19.2 Å². The third-order valence-electron chi connectivity index (χ3n) is 9.08. The first-order valence-electron chi connectivity index (χ1n) is 16.7. The molecule has 2 rings (SSSR count). The number of thioether (sulfide) groups is 2. The molecule has 2 unspecified atom stereocenters. The highest BCUT2D eigenvalue weighted by Gasteiger charge is 2.52. The molecule has 2 aliphatic rings. The molecule has 0 spiro atoms. The van der Waals surface area contributed by atoms with Gasteiger partial charge in [0, 0.05) is 23.3 Å². The van der Waals surface area contributed by atoms with Gasteiger partial charge in [0.2, 0.25) is 11.8 Å². The van der Waals surface area contributed by atoms with Gasteiger partial charge in [0.15, 0.2) is 6.04 Å². The maximum atomic E-state index is 13.8. The minimum atomic E-state index is -1.53. The van der Waals surface area contributed by atoms with Crippen molar-refractivity contribution >= 4 is 59.2 Å². The maximum absolute atomic E-state index is 13.8. The van der Waals surface area contributed by atoms with Gasteiger partial charge < -0.3 is 42.2 Å². The zero-order valence-electron chi connectivity index (χ0n) is 29.1. The molecular formula is C33H54N4O10S2. The van der Waals surface area contributed by atoms with Gasteiger partial charge in [-0.05, 0) is 86.2 Å². The Morgan fingerprint density at radius 3 is 1.69 bits per heavy atom. The molecule has 2 amide bonds. The van der Waals surface area contributed by atoms with Crippen LogP contribution in [-0.2, 0) is 33.5 Å². The molecule has 2 fully saturated rings. The lowest BCUT2D eigenvalue weighted by molar-refractivity contribution is -0.156. The van der Waals surface area contributed by atoms with E-state index in [1.54, 1.807) is 6.92 Å². The summed E-state index contributed by atoms with van der Waals surface area (Å²) in [5.74, 6) is -4.19. The summed E-state index contributed by atoms with van der Waals surface area (Å²) in [7, 11) is 0. The average Bonchev–Trinajstić information content (AvgIpc) is 3.87. The highest BCUT2D eigenvalue weighted by Crippen LogP contribution is 2.52. The molecule has 9 N–H and O–H groups in total. The van der Waals surface area contributed by atoms with Crippen LogP contribution in [-0.4, -0.2) is 98.3 Å². The van der Waals surface area contributed by atoms with Crippen molar-refractivity contribution in [1.82, 2.24) is 10.6 Å². The Balaban J connectivity index is 2.20. The van der Waals surface area contributed by atoms with Gasteiger partial charge in [-0.15, -0.1) is 0 Å². The number of carboxylic acid groups (broad SMARTS) is 3. The van der Waals surface area contributed by atoms with E-state index in [2.05, 4.69) is 10.6 Å². The van der Waals surface area contributed by atoms with Crippen molar-refractivity contribution in [1.29, 1.82) is 0 Å². The fourth-order valence-corrected chi connectivity index (χ4v) is 7.20. The third-order valence-corrected chi connectivity index (χ3v) is 11.4. The van der Waals surface area contributed by atoms with Crippen molar-refractivity contribution in [3.63, 3.8) is 0 Å². The Bertz CT molecular complexity index is 1260. The monoisotopic (exact) mass is 730 g/mol. The molecule has 49 heavy (non-hydrogen) atoms. The van der Waals surface area contributed by atoms with Crippen LogP contribution >= 0.6 is 23.5 Å². The molecule has 0 aromatic carbocycles. The largest absolute Gasteiger partial charge is 0.480 e. The molecule has 14 nitrogen and oxygen atoms in total. The summed E-state index contributed by atoms with van der Waals surface area (Å²) < 4.78 is 5.85. The summed E-state index contributed by atoms with van der Waals surface area (Å²) in [6.07, 6.45) is 2.79. The molecule has 0 radical (unpaired) electrons. The molecule has 278 valence electrons. The fourth-order valence-electron chi connectivity index (χ4n) is 5.26. The molecule has 0 bridgehead atoms. The van der Waals surface area contributed by atoms with E-state index in [1.807, 2.05) is 27.7 Å². The molecule has 0 aromatic rings. The van der Waals surface area contributed by atoms with E-state index in [4.69, 9.17) is 26.4 Å². The minimum absolute atomic E-state index is 0.0599. The number of ether oxygens (including phenoxy) is 1. The number of esters is 1. The number of aliphatic carboxylic acids is 3. The molecule has 0 heterocycles. The second-order valence-electron chi connectivity index (χ2n) is 14.4. The quantitative estimate of drug-likeness (QED) is 0.0429. The minimum Gasteiger partial charge on any atom is -0.480 e. The number of carbonyl (C=O) groups is 6. The van der Waals surface area contributed by atoms with Gasteiger partial charge in [-0.1, -0.05) is 27.7 Å². The number of rotatable bonds is 24. The van der Waals surface area contributed by atoms with E-state index in [9.17, 15) is 33.9 Å². The second kappa shape index (κ2) is 19.0. The van der Waals surface area contributed by atoms with E-state index >= 15 is 0 Å². The first-order valence-corrected chi connectivity index (χ1v) is 19.0. The van der Waals surface area contributed by atoms with Gasteiger partial charge >= 0.3 is 23.9 Å². The lowest BCUT2D eigenvalue weighted by Crippen LogP contribution is -2.51. The Morgan fingerprint density at radius 2 is 1.24 bits per heavy atom. The standard InChI is InChI=1S/C33H54N4O10S2/c1-18(10-6-8-12-48-16-21(34)28(40)41)24(36-26(38)19-14-32(19,2)3)31(46)47-23(11-7-9-13-49-17-22(35)29(42)43)25(30(44)45)37-27(39)20-15-33(20,4)5/h19-23,25H,6-17,34-35H2,1-5H3,(H,36,38)(H,37,39)(H,40,41)(H,42,43)(H,44,45)/b24-18+/t19-,20-,21+,22+,23?,25?/m1/s1. The lowest BCUT2D eigenvalue weighted by Gasteiger charge is -2.26. The Morgan fingerprint density at radius 1 is 0.776 bits per heavy atom. The molecule has 2 aliphatic carbocycles. The predicted octanol–water partition coefficient (Wildman–Crippen LogP) is 2.58. The zero-order valence-corrected chi connectivity index (χ0v) is 30.8. The van der Waals surface area contributed by atoms with E-state index < -0.39 is 54.0 Å². The topological polar surface area (TPSA) is 248 Å². The molecule has 0 aliphatic heterocycles. The third kappa shape index (κ3) is 14.1. The van der Waals surface area contributed by atoms with Crippen molar-refractivity contribution in [2.75, 3.05) is 23.0 Å². The number of hydrogen-bond acceptors (Lipinski definition) is 11. The first-order chi connectivity index (χ1) is 22.8. The van der Waals surface area contributed by atoms with Crippen molar-refractivity contribution in [2.45, 2.75) is 110 Å². The Hall–Kier alpha value is -2.82. The van der Waals surface area contributed by atoms with Crippen LogP contribution in [0.2, 0.25) is 0 Å². The highest BCUT2D eigenvalue weighted by atomic mass is 32.2. The Kier molecular flexibility index (Phi) is 16.4. The molecule has 6 atom stereocenters. The van der Waals surface area contributed by atoms with Crippen molar-refractivity contribution < 1.29 is 48.8 Å². The molecule has 0 aromatic heterocycles. The number of carbonyl (C=O) groups excluding carboxylic acids is 3. The number of unbranched alkanes of at least 4 members (excludes halogenated alkanes) is 2. The van der Waals surface area contributed by atoms with Crippen LogP contribution < -0.4 is 22.1 Å². The summed E-state index contributed by atoms with van der Waals surface area (Å²) in [5, 5.41) is 33.4. The highest BCUT2D eigenvalue weighted by molar-refractivity contribution is 7.99. The number of allylic oxidation sites excluding steroid dienone is 1. The summed E-state index contributed by atoms with van der Waals surface area (Å²) in [6.45, 7) is 9.41. The number of nitrogens with one attached hydrogen (secondary N) is 2.